The highest BCUT2D eigenvalue weighted by molar-refractivity contribution is 14.1. The monoisotopic (exact) mass is 321 g/mol. The molecule has 0 fully saturated rings. The van der Waals surface area contributed by atoms with Crippen LogP contribution in [0.4, 0.5) is 0 Å². The minimum absolute atomic E-state index is 0.308. The maximum absolute atomic E-state index is 6.01. The quantitative estimate of drug-likeness (QED) is 0.844. The van der Waals surface area contributed by atoms with Crippen LogP contribution in [-0.4, -0.2) is 18.1 Å². The van der Waals surface area contributed by atoms with Gasteiger partial charge in [0.1, 0.15) is 0 Å². The Morgan fingerprint density at radius 1 is 1.36 bits per heavy atom. The third-order valence-corrected chi connectivity index (χ3v) is 3.47. The topological polar surface area (TPSA) is 26.0 Å². The van der Waals surface area contributed by atoms with E-state index in [1.165, 1.54) is 9.13 Å². The number of halogens is 1. The zero-order chi connectivity index (χ0) is 10.4. The zero-order valence-corrected chi connectivity index (χ0v) is 11.3. The van der Waals surface area contributed by atoms with Crippen molar-refractivity contribution < 1.29 is 0 Å². The smallest absolute Gasteiger partial charge is 0.0130 e. The summed E-state index contributed by atoms with van der Waals surface area (Å²) in [6, 6.07) is 8.91. The van der Waals surface area contributed by atoms with Crippen LogP contribution in [0.1, 0.15) is 12.0 Å². The lowest BCUT2D eigenvalue weighted by molar-refractivity contribution is 0.652. The van der Waals surface area contributed by atoms with Crippen molar-refractivity contribution in [3.05, 3.63) is 33.4 Å². The summed E-state index contributed by atoms with van der Waals surface area (Å²) in [5.41, 5.74) is 7.36. The molecule has 1 aromatic carbocycles. The van der Waals surface area contributed by atoms with Gasteiger partial charge in [0.15, 0.2) is 0 Å². The zero-order valence-electron chi connectivity index (χ0n) is 8.37. The van der Waals surface area contributed by atoms with E-state index in [1.807, 2.05) is 11.8 Å². The van der Waals surface area contributed by atoms with Crippen molar-refractivity contribution in [1.82, 2.24) is 0 Å². The summed E-state index contributed by atoms with van der Waals surface area (Å²) in [6.07, 6.45) is 4.22. The van der Waals surface area contributed by atoms with Crippen LogP contribution in [0.5, 0.6) is 0 Å². The minimum atomic E-state index is 0.308. The predicted octanol–water partition coefficient (Wildman–Crippen LogP) is 2.91. The molecule has 0 aromatic heterocycles. The number of hydrogen-bond donors (Lipinski definition) is 1. The number of thioether (sulfide) groups is 1. The lowest BCUT2D eigenvalue weighted by Gasteiger charge is -2.10. The predicted molar refractivity (Wildman–Crippen MR) is 73.8 cm³/mol. The lowest BCUT2D eigenvalue weighted by atomic mass is 10.1. The molecule has 0 radical (unpaired) electrons. The van der Waals surface area contributed by atoms with Gasteiger partial charge in [0.2, 0.25) is 0 Å². The fourth-order valence-electron chi connectivity index (χ4n) is 1.29. The SMILES string of the molecule is CSCCC(N)Cc1ccc(I)cc1. The van der Waals surface area contributed by atoms with Crippen molar-refractivity contribution in [2.24, 2.45) is 5.73 Å². The Bertz CT molecular complexity index is 260. The Labute approximate surface area is 104 Å². The molecule has 3 heteroatoms. The van der Waals surface area contributed by atoms with Crippen LogP contribution in [0.3, 0.4) is 0 Å². The standard InChI is InChI=1S/C11H16INS/c1-14-7-6-11(13)8-9-2-4-10(12)5-3-9/h2-5,11H,6-8,13H2,1H3. The number of rotatable bonds is 5. The second-order valence-corrected chi connectivity index (χ2v) is 5.60. The van der Waals surface area contributed by atoms with Crippen molar-refractivity contribution >= 4 is 34.4 Å². The summed E-state index contributed by atoms with van der Waals surface area (Å²) in [4.78, 5) is 0. The summed E-state index contributed by atoms with van der Waals surface area (Å²) in [5.74, 6) is 1.16. The molecule has 0 bridgehead atoms. The molecule has 1 aromatic rings. The van der Waals surface area contributed by atoms with E-state index in [-0.39, 0.29) is 0 Å². The fraction of sp³-hybridized carbons (Fsp3) is 0.455. The molecule has 0 aliphatic rings. The van der Waals surface area contributed by atoms with Crippen molar-refractivity contribution in [2.45, 2.75) is 18.9 Å². The molecule has 78 valence electrons. The highest BCUT2D eigenvalue weighted by Gasteiger charge is 2.03. The molecule has 0 saturated heterocycles. The lowest BCUT2D eigenvalue weighted by Crippen LogP contribution is -2.23. The Morgan fingerprint density at radius 2 is 2.00 bits per heavy atom. The molecule has 0 heterocycles. The normalized spacial score (nSPS) is 12.8. The van der Waals surface area contributed by atoms with Gasteiger partial charge in [-0.1, -0.05) is 12.1 Å². The average molecular weight is 321 g/mol. The number of nitrogens with two attached hydrogens (primary N) is 1. The van der Waals surface area contributed by atoms with Crippen molar-refractivity contribution in [3.8, 4) is 0 Å². The first-order valence-corrected chi connectivity index (χ1v) is 7.18. The van der Waals surface area contributed by atoms with Gasteiger partial charge in [-0.05, 0) is 65.1 Å². The van der Waals surface area contributed by atoms with Crippen molar-refractivity contribution in [1.29, 1.82) is 0 Å². The summed E-state index contributed by atoms with van der Waals surface area (Å²) in [5, 5.41) is 0. The molecule has 2 N–H and O–H groups in total. The molecular formula is C11H16INS. The van der Waals surface area contributed by atoms with Gasteiger partial charge in [0.25, 0.3) is 0 Å². The third-order valence-electron chi connectivity index (χ3n) is 2.10. The first-order chi connectivity index (χ1) is 6.72. The van der Waals surface area contributed by atoms with E-state index in [1.54, 1.807) is 0 Å². The molecule has 1 unspecified atom stereocenters. The maximum atomic E-state index is 6.01. The van der Waals surface area contributed by atoms with E-state index in [4.69, 9.17) is 5.73 Å². The molecule has 0 aliphatic carbocycles. The number of benzene rings is 1. The summed E-state index contributed by atoms with van der Waals surface area (Å²) in [6.45, 7) is 0. The average Bonchev–Trinajstić information content (AvgIpc) is 2.18. The molecule has 0 amide bonds. The molecule has 1 nitrogen and oxygen atoms in total. The number of hydrogen-bond acceptors (Lipinski definition) is 2. The van der Waals surface area contributed by atoms with Crippen molar-refractivity contribution in [3.63, 3.8) is 0 Å². The first kappa shape index (κ1) is 12.3. The Morgan fingerprint density at radius 3 is 2.57 bits per heavy atom. The van der Waals surface area contributed by atoms with Gasteiger partial charge >= 0.3 is 0 Å². The van der Waals surface area contributed by atoms with Gasteiger partial charge in [-0.3, -0.25) is 0 Å². The van der Waals surface area contributed by atoms with E-state index >= 15 is 0 Å². The van der Waals surface area contributed by atoms with Crippen LogP contribution >= 0.6 is 34.4 Å². The summed E-state index contributed by atoms with van der Waals surface area (Å²) >= 11 is 4.18. The van der Waals surface area contributed by atoms with E-state index in [0.717, 1.165) is 18.6 Å². The van der Waals surface area contributed by atoms with Crippen LogP contribution < -0.4 is 5.73 Å². The van der Waals surface area contributed by atoms with Gasteiger partial charge in [-0.2, -0.15) is 11.8 Å². The first-order valence-electron chi connectivity index (χ1n) is 4.71. The van der Waals surface area contributed by atoms with Crippen LogP contribution in [-0.2, 0) is 6.42 Å². The maximum Gasteiger partial charge on any atom is 0.0130 e. The minimum Gasteiger partial charge on any atom is -0.327 e. The van der Waals surface area contributed by atoms with Gasteiger partial charge in [-0.15, -0.1) is 0 Å². The largest absolute Gasteiger partial charge is 0.327 e. The molecule has 1 rings (SSSR count). The Balaban J connectivity index is 2.39. The van der Waals surface area contributed by atoms with E-state index < -0.39 is 0 Å². The van der Waals surface area contributed by atoms with E-state index in [2.05, 4.69) is 53.1 Å². The van der Waals surface area contributed by atoms with Gasteiger partial charge < -0.3 is 5.73 Å². The molecule has 0 aliphatic heterocycles. The van der Waals surface area contributed by atoms with E-state index in [0.29, 0.717) is 6.04 Å². The second-order valence-electron chi connectivity index (χ2n) is 3.37. The Hall–Kier alpha value is 0.260. The second kappa shape index (κ2) is 6.69. The fourth-order valence-corrected chi connectivity index (χ4v) is 2.19. The van der Waals surface area contributed by atoms with Gasteiger partial charge in [-0.25, -0.2) is 0 Å². The van der Waals surface area contributed by atoms with Crippen LogP contribution in [0, 0.1) is 3.57 Å². The molecule has 0 spiro atoms. The summed E-state index contributed by atoms with van der Waals surface area (Å²) < 4.78 is 1.28. The molecular weight excluding hydrogens is 305 g/mol. The van der Waals surface area contributed by atoms with Crippen LogP contribution in [0.25, 0.3) is 0 Å². The highest BCUT2D eigenvalue weighted by atomic mass is 127. The summed E-state index contributed by atoms with van der Waals surface area (Å²) in [7, 11) is 0. The molecule has 14 heavy (non-hydrogen) atoms. The van der Waals surface area contributed by atoms with Crippen molar-refractivity contribution in [2.75, 3.05) is 12.0 Å². The van der Waals surface area contributed by atoms with Gasteiger partial charge in [0, 0.05) is 9.61 Å². The van der Waals surface area contributed by atoms with Crippen LogP contribution in [0.15, 0.2) is 24.3 Å². The van der Waals surface area contributed by atoms with Gasteiger partial charge in [0.05, 0.1) is 0 Å². The van der Waals surface area contributed by atoms with E-state index in [9.17, 15) is 0 Å². The Kier molecular flexibility index (Phi) is 5.89. The highest BCUT2D eigenvalue weighted by Crippen LogP contribution is 2.10. The molecule has 0 saturated carbocycles. The van der Waals surface area contributed by atoms with Crippen LogP contribution in [0.2, 0.25) is 0 Å². The third kappa shape index (κ3) is 4.66. The molecule has 1 atom stereocenters.